The fraction of sp³-hybridized carbons (Fsp3) is 0.143. The maximum Gasteiger partial charge on any atom is 0.339 e. The van der Waals surface area contributed by atoms with E-state index in [0.29, 0.717) is 16.9 Å². The number of nitrogens with zero attached hydrogens (tertiary/aromatic N) is 1. The molecule has 3 N–H and O–H groups in total. The largest absolute Gasteiger partial charge is 0.504 e. The van der Waals surface area contributed by atoms with Crippen LogP contribution in [0.25, 0.3) is 5.69 Å². The van der Waals surface area contributed by atoms with Crippen molar-refractivity contribution < 1.29 is 28.9 Å². The average molecular weight is 396 g/mol. The van der Waals surface area contributed by atoms with Gasteiger partial charge in [0.2, 0.25) is 5.91 Å². The van der Waals surface area contributed by atoms with Crippen LogP contribution in [0.15, 0.2) is 48.7 Å². The number of hydrogen-bond acceptors (Lipinski definition) is 4. The number of nitrogens with one attached hydrogen (secondary N) is 1. The Labute approximate surface area is 165 Å². The quantitative estimate of drug-likeness (QED) is 0.627. The van der Waals surface area contributed by atoms with Crippen LogP contribution < -0.4 is 10.1 Å². The zero-order valence-corrected chi connectivity index (χ0v) is 15.3. The number of rotatable bonds is 4. The number of benzene rings is 2. The monoisotopic (exact) mass is 396 g/mol. The van der Waals surface area contributed by atoms with E-state index < -0.39 is 17.7 Å². The Hall–Kier alpha value is -3.81. The second-order valence-corrected chi connectivity index (χ2v) is 6.69. The van der Waals surface area contributed by atoms with Crippen LogP contribution in [0.4, 0.5) is 10.1 Å². The molecule has 1 aliphatic heterocycles. The normalized spacial score (nSPS) is 15.5. The molecule has 0 radical (unpaired) electrons. The Morgan fingerprint density at radius 1 is 1.24 bits per heavy atom. The molecule has 0 bridgehead atoms. The topological polar surface area (TPSA) is 101 Å². The fourth-order valence-corrected chi connectivity index (χ4v) is 3.63. The summed E-state index contributed by atoms with van der Waals surface area (Å²) < 4.78 is 20.2. The van der Waals surface area contributed by atoms with Gasteiger partial charge in [0.05, 0.1) is 18.5 Å². The standard InChI is InChI=1S/C21H17FN2O5/c1-29-17-8-11(2-7-16(17)25)14-9-18(26)23-19-15(21(27)28)10-24(20(14)19)13-5-3-12(22)4-6-13/h2-8,10,14,25H,9H2,1H3,(H,23,26)(H,27,28)/t14-/m0/s1. The summed E-state index contributed by atoms with van der Waals surface area (Å²) >= 11 is 0. The first-order valence-corrected chi connectivity index (χ1v) is 8.80. The highest BCUT2D eigenvalue weighted by Gasteiger charge is 2.34. The molecule has 0 saturated carbocycles. The molecule has 0 aliphatic carbocycles. The number of carboxylic acids is 1. The maximum absolute atomic E-state index is 13.4. The highest BCUT2D eigenvalue weighted by atomic mass is 19.1. The highest BCUT2D eigenvalue weighted by molar-refractivity contribution is 6.04. The van der Waals surface area contributed by atoms with Gasteiger partial charge in [-0.1, -0.05) is 6.07 Å². The van der Waals surface area contributed by atoms with Crippen LogP contribution in [-0.2, 0) is 4.79 Å². The van der Waals surface area contributed by atoms with Crippen molar-refractivity contribution >= 4 is 17.6 Å². The molecule has 1 amide bonds. The first kappa shape index (κ1) is 18.5. The molecule has 1 atom stereocenters. The van der Waals surface area contributed by atoms with Gasteiger partial charge in [-0.15, -0.1) is 0 Å². The summed E-state index contributed by atoms with van der Waals surface area (Å²) in [7, 11) is 1.42. The van der Waals surface area contributed by atoms with Gasteiger partial charge in [-0.25, -0.2) is 9.18 Å². The summed E-state index contributed by atoms with van der Waals surface area (Å²) in [5, 5.41) is 22.2. The molecule has 1 aliphatic rings. The van der Waals surface area contributed by atoms with E-state index in [4.69, 9.17) is 4.74 Å². The Balaban J connectivity index is 1.95. The Morgan fingerprint density at radius 2 is 1.97 bits per heavy atom. The molecule has 2 heterocycles. The van der Waals surface area contributed by atoms with Crippen LogP contribution in [0.3, 0.4) is 0 Å². The lowest BCUT2D eigenvalue weighted by molar-refractivity contribution is -0.116. The summed E-state index contributed by atoms with van der Waals surface area (Å²) in [6, 6.07) is 10.4. The van der Waals surface area contributed by atoms with Crippen LogP contribution in [0.5, 0.6) is 11.5 Å². The molecule has 3 aromatic rings. The number of aromatic hydroxyl groups is 1. The molecule has 0 fully saturated rings. The van der Waals surface area contributed by atoms with Crippen molar-refractivity contribution in [3.63, 3.8) is 0 Å². The number of carboxylic acid groups (broad SMARTS) is 1. The predicted octanol–water partition coefficient (Wildman–Crippen LogP) is 3.50. The van der Waals surface area contributed by atoms with Crippen molar-refractivity contribution in [2.75, 3.05) is 12.4 Å². The van der Waals surface area contributed by atoms with Crippen molar-refractivity contribution in [1.29, 1.82) is 0 Å². The number of amides is 1. The number of methoxy groups -OCH3 is 1. The first-order chi connectivity index (χ1) is 13.9. The summed E-state index contributed by atoms with van der Waals surface area (Å²) in [6.07, 6.45) is 1.49. The van der Waals surface area contributed by atoms with E-state index in [1.54, 1.807) is 16.7 Å². The minimum atomic E-state index is -1.19. The molecule has 29 heavy (non-hydrogen) atoms. The van der Waals surface area contributed by atoms with Gasteiger partial charge in [0, 0.05) is 24.2 Å². The van der Waals surface area contributed by atoms with E-state index in [1.165, 1.54) is 43.6 Å². The number of carbonyl (C=O) groups is 2. The van der Waals surface area contributed by atoms with Gasteiger partial charge in [-0.2, -0.15) is 0 Å². The lowest BCUT2D eigenvalue weighted by Crippen LogP contribution is -2.25. The summed E-state index contributed by atoms with van der Waals surface area (Å²) in [4.78, 5) is 24.1. The van der Waals surface area contributed by atoms with Gasteiger partial charge < -0.3 is 24.8 Å². The molecule has 7 nitrogen and oxygen atoms in total. The first-order valence-electron chi connectivity index (χ1n) is 8.80. The lowest BCUT2D eigenvalue weighted by Gasteiger charge is -2.26. The smallest absolute Gasteiger partial charge is 0.339 e. The van der Waals surface area contributed by atoms with Crippen molar-refractivity contribution in [3.8, 4) is 17.2 Å². The van der Waals surface area contributed by atoms with Gasteiger partial charge in [-0.3, -0.25) is 4.79 Å². The molecular weight excluding hydrogens is 379 g/mol. The van der Waals surface area contributed by atoms with Crippen molar-refractivity contribution in [1.82, 2.24) is 4.57 Å². The van der Waals surface area contributed by atoms with Crippen LogP contribution in [0, 0.1) is 5.82 Å². The van der Waals surface area contributed by atoms with E-state index in [9.17, 15) is 24.2 Å². The predicted molar refractivity (Wildman–Crippen MR) is 102 cm³/mol. The van der Waals surface area contributed by atoms with Crippen LogP contribution in [0.2, 0.25) is 0 Å². The molecule has 0 unspecified atom stereocenters. The number of ether oxygens (including phenoxy) is 1. The van der Waals surface area contributed by atoms with E-state index in [0.717, 1.165) is 0 Å². The molecule has 148 valence electrons. The number of aromatic carboxylic acids is 1. The minimum Gasteiger partial charge on any atom is -0.504 e. The lowest BCUT2D eigenvalue weighted by atomic mass is 9.88. The van der Waals surface area contributed by atoms with Gasteiger partial charge in [-0.05, 0) is 42.0 Å². The van der Waals surface area contributed by atoms with E-state index in [1.807, 2.05) is 0 Å². The molecule has 1 aromatic heterocycles. The van der Waals surface area contributed by atoms with E-state index in [-0.39, 0.29) is 35.1 Å². The molecular formula is C21H17FN2O5. The SMILES string of the molecule is COc1cc([C@@H]2CC(=O)Nc3c(C(=O)O)cn(-c4ccc(F)cc4)c32)ccc1O. The number of carbonyl (C=O) groups excluding carboxylic acids is 1. The van der Waals surface area contributed by atoms with E-state index >= 15 is 0 Å². The third-order valence-electron chi connectivity index (χ3n) is 4.97. The zero-order valence-electron chi connectivity index (χ0n) is 15.3. The number of anilines is 1. The average Bonchev–Trinajstić information content (AvgIpc) is 3.08. The van der Waals surface area contributed by atoms with Crippen LogP contribution in [0.1, 0.15) is 34.0 Å². The molecule has 0 saturated heterocycles. The third-order valence-corrected chi connectivity index (χ3v) is 4.97. The molecule has 2 aromatic carbocycles. The van der Waals surface area contributed by atoms with Gasteiger partial charge >= 0.3 is 5.97 Å². The van der Waals surface area contributed by atoms with Crippen molar-refractivity contribution in [2.24, 2.45) is 0 Å². The maximum atomic E-state index is 13.4. The fourth-order valence-electron chi connectivity index (χ4n) is 3.63. The number of phenols is 1. The van der Waals surface area contributed by atoms with Gasteiger partial charge in [0.25, 0.3) is 0 Å². The van der Waals surface area contributed by atoms with E-state index in [2.05, 4.69) is 5.32 Å². The Bertz CT molecular complexity index is 1120. The van der Waals surface area contributed by atoms with Crippen molar-refractivity contribution in [3.05, 3.63) is 71.3 Å². The van der Waals surface area contributed by atoms with Gasteiger partial charge in [0.15, 0.2) is 11.5 Å². The highest BCUT2D eigenvalue weighted by Crippen LogP contribution is 2.43. The number of phenolic OH excluding ortho intramolecular Hbond substituents is 1. The minimum absolute atomic E-state index is 0.0446. The summed E-state index contributed by atoms with van der Waals surface area (Å²) in [5.41, 5.74) is 1.93. The van der Waals surface area contributed by atoms with Gasteiger partial charge in [0.1, 0.15) is 11.4 Å². The number of fused-ring (bicyclic) bond motifs is 1. The second-order valence-electron chi connectivity index (χ2n) is 6.69. The zero-order chi connectivity index (χ0) is 20.7. The summed E-state index contributed by atoms with van der Waals surface area (Å²) in [5.74, 6) is -2.22. The number of hydrogen-bond donors (Lipinski definition) is 3. The summed E-state index contributed by atoms with van der Waals surface area (Å²) in [6.45, 7) is 0. The Morgan fingerprint density at radius 3 is 2.62 bits per heavy atom. The third kappa shape index (κ3) is 3.18. The number of aromatic nitrogens is 1. The molecule has 8 heteroatoms. The second kappa shape index (κ2) is 6.97. The Kier molecular flexibility index (Phi) is 4.46. The molecule has 4 rings (SSSR count). The van der Waals surface area contributed by atoms with Crippen LogP contribution >= 0.6 is 0 Å². The number of halogens is 1. The van der Waals surface area contributed by atoms with Crippen LogP contribution in [-0.4, -0.2) is 33.8 Å². The molecule has 0 spiro atoms. The van der Waals surface area contributed by atoms with Crippen molar-refractivity contribution in [2.45, 2.75) is 12.3 Å².